The normalized spacial score (nSPS) is 33.6. The molecule has 1 saturated heterocycles. The van der Waals surface area contributed by atoms with Crippen LogP contribution in [0.4, 0.5) is 0 Å². The first-order valence-corrected chi connectivity index (χ1v) is 8.01. The monoisotopic (exact) mass is 310 g/mol. The first-order chi connectivity index (χ1) is 10.3. The SMILES string of the molecule is CCC1=C(C)CC[C@@]2(O1)O[C@H]([C@@H](C)C(=O)OC)[C@@H](C)CC2=O. The average Bonchev–Trinajstić information content (AvgIpc) is 2.51. The van der Waals surface area contributed by atoms with Gasteiger partial charge in [-0.05, 0) is 31.8 Å². The zero-order valence-electron chi connectivity index (χ0n) is 14.1. The molecule has 0 aliphatic carbocycles. The second-order valence-electron chi connectivity index (χ2n) is 6.41. The van der Waals surface area contributed by atoms with Crippen LogP contribution in [0.3, 0.4) is 0 Å². The van der Waals surface area contributed by atoms with Crippen molar-refractivity contribution in [3.8, 4) is 0 Å². The number of esters is 1. The molecule has 5 nitrogen and oxygen atoms in total. The smallest absolute Gasteiger partial charge is 0.311 e. The van der Waals surface area contributed by atoms with Gasteiger partial charge in [0, 0.05) is 19.3 Å². The number of Topliss-reactive ketones (excluding diaryl/α,β-unsaturated/α-hetero) is 1. The highest BCUT2D eigenvalue weighted by Crippen LogP contribution is 2.42. The summed E-state index contributed by atoms with van der Waals surface area (Å²) in [6, 6.07) is 0. The lowest BCUT2D eigenvalue weighted by molar-refractivity contribution is -0.268. The van der Waals surface area contributed by atoms with E-state index in [9.17, 15) is 9.59 Å². The summed E-state index contributed by atoms with van der Waals surface area (Å²) < 4.78 is 16.9. The second-order valence-corrected chi connectivity index (χ2v) is 6.41. The van der Waals surface area contributed by atoms with Gasteiger partial charge in [-0.25, -0.2) is 0 Å². The van der Waals surface area contributed by atoms with Crippen LogP contribution in [0.5, 0.6) is 0 Å². The van der Waals surface area contributed by atoms with E-state index in [1.165, 1.54) is 12.7 Å². The van der Waals surface area contributed by atoms with Gasteiger partial charge >= 0.3 is 5.97 Å². The summed E-state index contributed by atoms with van der Waals surface area (Å²) in [5.41, 5.74) is 1.17. The maximum atomic E-state index is 12.6. The van der Waals surface area contributed by atoms with Crippen molar-refractivity contribution >= 4 is 11.8 Å². The summed E-state index contributed by atoms with van der Waals surface area (Å²) in [5.74, 6) is -1.19. The molecule has 2 aliphatic rings. The van der Waals surface area contributed by atoms with Crippen LogP contribution in [-0.4, -0.2) is 30.8 Å². The lowest BCUT2D eigenvalue weighted by Gasteiger charge is -2.46. The molecule has 22 heavy (non-hydrogen) atoms. The third kappa shape index (κ3) is 2.91. The Bertz CT molecular complexity index is 495. The van der Waals surface area contributed by atoms with Gasteiger partial charge in [0.2, 0.25) is 5.78 Å². The fraction of sp³-hybridized carbons (Fsp3) is 0.765. The van der Waals surface area contributed by atoms with Crippen molar-refractivity contribution < 1.29 is 23.8 Å². The molecule has 1 fully saturated rings. The van der Waals surface area contributed by atoms with E-state index in [1.54, 1.807) is 6.92 Å². The Kier molecular flexibility index (Phi) is 4.95. The second kappa shape index (κ2) is 6.41. The van der Waals surface area contributed by atoms with Gasteiger partial charge in [-0.2, -0.15) is 0 Å². The summed E-state index contributed by atoms with van der Waals surface area (Å²) in [4.78, 5) is 24.4. The van der Waals surface area contributed by atoms with Gasteiger partial charge in [-0.3, -0.25) is 9.59 Å². The van der Waals surface area contributed by atoms with Crippen LogP contribution in [-0.2, 0) is 23.8 Å². The summed E-state index contributed by atoms with van der Waals surface area (Å²) in [6.45, 7) is 7.74. The van der Waals surface area contributed by atoms with Crippen LogP contribution in [0, 0.1) is 11.8 Å². The largest absolute Gasteiger partial charge is 0.469 e. The number of ether oxygens (including phenoxy) is 3. The molecule has 2 heterocycles. The molecular weight excluding hydrogens is 284 g/mol. The van der Waals surface area contributed by atoms with Crippen molar-refractivity contribution in [3.05, 3.63) is 11.3 Å². The van der Waals surface area contributed by atoms with Gasteiger partial charge < -0.3 is 14.2 Å². The summed E-state index contributed by atoms with van der Waals surface area (Å²) >= 11 is 0. The summed E-state index contributed by atoms with van der Waals surface area (Å²) in [5, 5.41) is 0. The quantitative estimate of drug-likeness (QED) is 0.750. The lowest BCUT2D eigenvalue weighted by Crippen LogP contribution is -2.56. The minimum atomic E-state index is -1.22. The molecule has 0 saturated carbocycles. The standard InChI is InChI=1S/C17H26O5/c1-6-13-10(2)7-8-17(21-13)14(18)9-11(3)15(22-17)12(4)16(19)20-5/h11-12,15H,6-9H2,1-5H3/t11-,12+,15-,17+/m0/s1. The number of carbonyl (C=O) groups excluding carboxylic acids is 2. The number of hydrogen-bond acceptors (Lipinski definition) is 5. The van der Waals surface area contributed by atoms with Crippen molar-refractivity contribution in [1.82, 2.24) is 0 Å². The number of allylic oxidation sites excluding steroid dienone is 2. The van der Waals surface area contributed by atoms with Crippen molar-refractivity contribution in [2.24, 2.45) is 11.8 Å². The lowest BCUT2D eigenvalue weighted by atomic mass is 9.82. The first kappa shape index (κ1) is 17.0. The number of hydrogen-bond donors (Lipinski definition) is 0. The Morgan fingerprint density at radius 3 is 2.77 bits per heavy atom. The van der Waals surface area contributed by atoms with Crippen LogP contribution in [0.15, 0.2) is 11.3 Å². The minimum absolute atomic E-state index is 0.0215. The fourth-order valence-electron chi connectivity index (χ4n) is 3.36. The highest BCUT2D eigenvalue weighted by molar-refractivity contribution is 5.87. The van der Waals surface area contributed by atoms with E-state index in [4.69, 9.17) is 14.2 Å². The van der Waals surface area contributed by atoms with Crippen LogP contribution in [0.2, 0.25) is 0 Å². The molecule has 0 bridgehead atoms. The van der Waals surface area contributed by atoms with Gasteiger partial charge in [0.1, 0.15) is 0 Å². The Labute approximate surface area is 132 Å². The maximum Gasteiger partial charge on any atom is 0.311 e. The molecule has 0 radical (unpaired) electrons. The molecule has 0 aromatic carbocycles. The highest BCUT2D eigenvalue weighted by Gasteiger charge is 2.52. The number of carbonyl (C=O) groups is 2. The van der Waals surface area contributed by atoms with Gasteiger partial charge in [0.15, 0.2) is 0 Å². The van der Waals surface area contributed by atoms with E-state index in [0.717, 1.165) is 18.6 Å². The first-order valence-electron chi connectivity index (χ1n) is 8.01. The van der Waals surface area contributed by atoms with E-state index >= 15 is 0 Å². The molecule has 124 valence electrons. The van der Waals surface area contributed by atoms with Crippen LogP contribution < -0.4 is 0 Å². The van der Waals surface area contributed by atoms with Gasteiger partial charge in [0.25, 0.3) is 5.79 Å². The molecule has 2 rings (SSSR count). The molecule has 0 N–H and O–H groups in total. The Hall–Kier alpha value is -1.36. The summed E-state index contributed by atoms with van der Waals surface area (Å²) in [6.07, 6.45) is 2.02. The Morgan fingerprint density at radius 1 is 1.50 bits per heavy atom. The average molecular weight is 310 g/mol. The van der Waals surface area contributed by atoms with E-state index in [2.05, 4.69) is 0 Å². The molecule has 4 atom stereocenters. The van der Waals surface area contributed by atoms with Crippen molar-refractivity contribution in [3.63, 3.8) is 0 Å². The van der Waals surface area contributed by atoms with E-state index in [0.29, 0.717) is 12.8 Å². The fourth-order valence-corrected chi connectivity index (χ4v) is 3.36. The number of rotatable bonds is 3. The van der Waals surface area contributed by atoms with E-state index in [1.807, 2.05) is 20.8 Å². The molecular formula is C17H26O5. The van der Waals surface area contributed by atoms with Crippen LogP contribution in [0.1, 0.15) is 53.4 Å². The topological polar surface area (TPSA) is 61.8 Å². The third-order valence-corrected chi connectivity index (χ3v) is 4.80. The van der Waals surface area contributed by atoms with E-state index < -0.39 is 11.7 Å². The predicted octanol–water partition coefficient (Wildman–Crippen LogP) is 2.98. The summed E-state index contributed by atoms with van der Waals surface area (Å²) in [7, 11) is 1.37. The Balaban J connectivity index is 2.26. The number of ketones is 1. The molecule has 0 aromatic heterocycles. The molecule has 0 amide bonds. The molecule has 5 heteroatoms. The van der Waals surface area contributed by atoms with Gasteiger partial charge in [-0.15, -0.1) is 0 Å². The van der Waals surface area contributed by atoms with Crippen LogP contribution >= 0.6 is 0 Å². The number of methoxy groups -OCH3 is 1. The molecule has 0 unspecified atom stereocenters. The van der Waals surface area contributed by atoms with Crippen molar-refractivity contribution in [2.75, 3.05) is 7.11 Å². The van der Waals surface area contributed by atoms with Gasteiger partial charge in [-0.1, -0.05) is 13.8 Å². The molecule has 1 spiro atoms. The van der Waals surface area contributed by atoms with Crippen LogP contribution in [0.25, 0.3) is 0 Å². The van der Waals surface area contributed by atoms with E-state index in [-0.39, 0.29) is 23.8 Å². The van der Waals surface area contributed by atoms with Crippen molar-refractivity contribution in [1.29, 1.82) is 0 Å². The minimum Gasteiger partial charge on any atom is -0.469 e. The molecule has 0 aromatic rings. The predicted molar refractivity (Wildman–Crippen MR) is 80.9 cm³/mol. The highest BCUT2D eigenvalue weighted by atomic mass is 16.7. The molecule has 2 aliphatic heterocycles. The maximum absolute atomic E-state index is 12.6. The third-order valence-electron chi connectivity index (χ3n) is 4.80. The van der Waals surface area contributed by atoms with Gasteiger partial charge in [0.05, 0.1) is 24.9 Å². The Morgan fingerprint density at radius 2 is 2.18 bits per heavy atom. The zero-order chi connectivity index (χ0) is 16.5. The zero-order valence-corrected chi connectivity index (χ0v) is 14.1. The van der Waals surface area contributed by atoms with Crippen molar-refractivity contribution in [2.45, 2.75) is 65.3 Å².